The Balaban J connectivity index is 2.36. The van der Waals surface area contributed by atoms with Gasteiger partial charge in [-0.1, -0.05) is 17.4 Å². The fourth-order valence-electron chi connectivity index (χ4n) is 1.37. The smallest absolute Gasteiger partial charge is 0.266 e. The lowest BCUT2D eigenvalue weighted by molar-refractivity contribution is 0.866. The first-order chi connectivity index (χ1) is 8.24. The van der Waals surface area contributed by atoms with Gasteiger partial charge >= 0.3 is 0 Å². The average Bonchev–Trinajstić information content (AvgIpc) is 2.89. The van der Waals surface area contributed by atoms with Crippen LogP contribution in [0.1, 0.15) is 4.88 Å². The number of hydrogen-bond donors (Lipinski definition) is 0. The van der Waals surface area contributed by atoms with Crippen LogP contribution in [0.25, 0.3) is 11.0 Å². The van der Waals surface area contributed by atoms with E-state index in [1.807, 2.05) is 17.5 Å². The summed E-state index contributed by atoms with van der Waals surface area (Å²) in [5.74, 6) is 0. The minimum absolute atomic E-state index is 0.245. The van der Waals surface area contributed by atoms with Crippen molar-refractivity contribution in [2.75, 3.05) is 0 Å². The minimum atomic E-state index is -0.436. The Hall–Kier alpha value is -1.86. The van der Waals surface area contributed by atoms with Crippen LogP contribution >= 0.6 is 22.7 Å². The van der Waals surface area contributed by atoms with Crippen LogP contribution in [0.15, 0.2) is 33.3 Å². The zero-order valence-corrected chi connectivity index (χ0v) is 9.99. The van der Waals surface area contributed by atoms with E-state index in [1.165, 1.54) is 11.3 Å². The van der Waals surface area contributed by atoms with Crippen molar-refractivity contribution in [1.82, 2.24) is 14.6 Å². The van der Waals surface area contributed by atoms with E-state index in [1.54, 1.807) is 6.08 Å². The molecule has 5 nitrogen and oxygen atoms in total. The second-order valence-corrected chi connectivity index (χ2v) is 5.21. The summed E-state index contributed by atoms with van der Waals surface area (Å²) in [5, 5.41) is 5.69. The molecule has 0 aliphatic carbocycles. The van der Waals surface area contributed by atoms with Gasteiger partial charge < -0.3 is 0 Å². The lowest BCUT2D eigenvalue weighted by Gasteiger charge is -1.83. The van der Waals surface area contributed by atoms with Crippen molar-refractivity contribution in [2.24, 2.45) is 0 Å². The summed E-state index contributed by atoms with van der Waals surface area (Å²) in [5.41, 5.74) is -0.681. The van der Waals surface area contributed by atoms with E-state index in [9.17, 15) is 9.59 Å². The minimum Gasteiger partial charge on any atom is -0.266 e. The second kappa shape index (κ2) is 3.86. The quantitative estimate of drug-likeness (QED) is 0.625. The number of thiophene rings is 1. The van der Waals surface area contributed by atoms with Crippen LogP contribution in [-0.4, -0.2) is 14.6 Å². The van der Waals surface area contributed by atoms with Gasteiger partial charge in [-0.25, -0.2) is 0 Å². The Morgan fingerprint density at radius 3 is 3.00 bits per heavy atom. The fourth-order valence-corrected chi connectivity index (χ4v) is 3.01. The van der Waals surface area contributed by atoms with Crippen LogP contribution < -0.4 is 15.7 Å². The molecule has 0 aromatic carbocycles. The molecule has 0 aliphatic heterocycles. The van der Waals surface area contributed by atoms with Gasteiger partial charge in [0.05, 0.1) is 4.53 Å². The maximum Gasteiger partial charge on any atom is 0.292 e. The molecule has 0 saturated heterocycles. The first-order valence-electron chi connectivity index (χ1n) is 4.68. The molecular formula is C10H5N3O2S2. The monoisotopic (exact) mass is 263 g/mol. The molecule has 0 unspecified atom stereocenters. The molecule has 3 aromatic rings. The van der Waals surface area contributed by atoms with Crippen molar-refractivity contribution >= 4 is 33.7 Å². The summed E-state index contributed by atoms with van der Waals surface area (Å²) in [6.07, 6.45) is 2.81. The van der Waals surface area contributed by atoms with Gasteiger partial charge in [-0.3, -0.25) is 9.59 Å². The van der Waals surface area contributed by atoms with Crippen molar-refractivity contribution in [1.29, 1.82) is 0 Å². The van der Waals surface area contributed by atoms with Crippen LogP contribution in [0.5, 0.6) is 0 Å². The van der Waals surface area contributed by atoms with E-state index in [0.717, 1.165) is 26.9 Å². The summed E-state index contributed by atoms with van der Waals surface area (Å²) in [7, 11) is 0. The molecule has 0 N–H and O–H groups in total. The van der Waals surface area contributed by atoms with Crippen LogP contribution in [0, 0.1) is 0 Å². The lowest BCUT2D eigenvalue weighted by atomic mass is 10.4. The number of aromatic nitrogens is 3. The lowest BCUT2D eigenvalue weighted by Crippen LogP contribution is -2.25. The molecule has 3 aromatic heterocycles. The van der Waals surface area contributed by atoms with Gasteiger partial charge in [-0.15, -0.1) is 11.3 Å². The highest BCUT2D eigenvalue weighted by Gasteiger charge is 2.05. The maximum atomic E-state index is 11.9. The van der Waals surface area contributed by atoms with Gasteiger partial charge in [0.25, 0.3) is 11.1 Å². The van der Waals surface area contributed by atoms with Gasteiger partial charge in [0.1, 0.15) is 6.20 Å². The Bertz CT molecular complexity index is 833. The van der Waals surface area contributed by atoms with Crippen molar-refractivity contribution in [2.45, 2.75) is 0 Å². The first-order valence-corrected chi connectivity index (χ1v) is 6.38. The SMILES string of the molecule is O=c1cnn2c(=O)/c(=C\c3cccs3)sc2n1. The number of thiazole rings is 1. The standard InChI is InChI=1S/C10H5N3O2S2/c14-8-5-11-13-9(15)7(17-10(13)12-8)4-6-2-1-3-16-6/h1-5H/b7-4+. The topological polar surface area (TPSA) is 64.3 Å². The maximum absolute atomic E-state index is 11.9. The number of nitrogens with zero attached hydrogens (tertiary/aromatic N) is 3. The predicted molar refractivity (Wildman–Crippen MR) is 66.5 cm³/mol. The molecule has 0 atom stereocenters. The Labute approximate surface area is 102 Å². The average molecular weight is 263 g/mol. The molecule has 3 heterocycles. The Morgan fingerprint density at radius 2 is 2.24 bits per heavy atom. The van der Waals surface area contributed by atoms with Crippen molar-refractivity contribution in [3.8, 4) is 0 Å². The molecule has 84 valence electrons. The van der Waals surface area contributed by atoms with Crippen LogP contribution in [0.3, 0.4) is 0 Å². The zero-order chi connectivity index (χ0) is 11.8. The summed E-state index contributed by atoms with van der Waals surface area (Å²) in [6.45, 7) is 0. The largest absolute Gasteiger partial charge is 0.292 e. The van der Waals surface area contributed by atoms with E-state index in [-0.39, 0.29) is 5.56 Å². The van der Waals surface area contributed by atoms with Crippen LogP contribution in [0.4, 0.5) is 0 Å². The highest BCUT2D eigenvalue weighted by Crippen LogP contribution is 2.08. The zero-order valence-electron chi connectivity index (χ0n) is 8.36. The third-order valence-corrected chi connectivity index (χ3v) is 3.87. The van der Waals surface area contributed by atoms with E-state index in [0.29, 0.717) is 9.49 Å². The third-order valence-electron chi connectivity index (χ3n) is 2.09. The molecule has 3 rings (SSSR count). The molecular weight excluding hydrogens is 258 g/mol. The molecule has 17 heavy (non-hydrogen) atoms. The number of rotatable bonds is 1. The van der Waals surface area contributed by atoms with Crippen LogP contribution in [0.2, 0.25) is 0 Å². The third kappa shape index (κ3) is 1.79. The molecule has 0 aliphatic rings. The van der Waals surface area contributed by atoms with Gasteiger partial charge in [0, 0.05) is 4.88 Å². The predicted octanol–water partition coefficient (Wildman–Crippen LogP) is 0.120. The molecule has 0 amide bonds. The summed E-state index contributed by atoms with van der Waals surface area (Å²) < 4.78 is 1.67. The molecule has 0 saturated carbocycles. The van der Waals surface area contributed by atoms with Gasteiger partial charge in [0.15, 0.2) is 0 Å². The van der Waals surface area contributed by atoms with Crippen LogP contribution in [-0.2, 0) is 0 Å². The summed E-state index contributed by atoms with van der Waals surface area (Å²) in [4.78, 5) is 28.0. The highest BCUT2D eigenvalue weighted by atomic mass is 32.1. The van der Waals surface area contributed by atoms with Crippen molar-refractivity contribution < 1.29 is 0 Å². The molecule has 0 fully saturated rings. The van der Waals surface area contributed by atoms with Gasteiger partial charge in [-0.05, 0) is 17.5 Å². The van der Waals surface area contributed by atoms with E-state index in [2.05, 4.69) is 10.1 Å². The first kappa shape index (κ1) is 10.3. The second-order valence-electron chi connectivity index (χ2n) is 3.22. The normalized spacial score (nSPS) is 12.4. The van der Waals surface area contributed by atoms with Gasteiger partial charge in [-0.2, -0.15) is 14.6 Å². The molecule has 0 spiro atoms. The molecule has 0 bridgehead atoms. The van der Waals surface area contributed by atoms with E-state index < -0.39 is 5.56 Å². The molecule has 7 heteroatoms. The van der Waals surface area contributed by atoms with Crippen molar-refractivity contribution in [3.63, 3.8) is 0 Å². The Kier molecular flexibility index (Phi) is 2.34. The Morgan fingerprint density at radius 1 is 1.35 bits per heavy atom. The van der Waals surface area contributed by atoms with Crippen molar-refractivity contribution in [3.05, 3.63) is 53.8 Å². The van der Waals surface area contributed by atoms with Gasteiger partial charge in [0.2, 0.25) is 4.96 Å². The molecule has 0 radical (unpaired) electrons. The fraction of sp³-hybridized carbons (Fsp3) is 0. The van der Waals surface area contributed by atoms with E-state index >= 15 is 0 Å². The number of fused-ring (bicyclic) bond motifs is 1. The summed E-state index contributed by atoms with van der Waals surface area (Å²) in [6, 6.07) is 3.83. The van der Waals surface area contributed by atoms with E-state index in [4.69, 9.17) is 0 Å². The number of hydrogen-bond acceptors (Lipinski definition) is 6. The highest BCUT2D eigenvalue weighted by molar-refractivity contribution is 7.15. The summed E-state index contributed by atoms with van der Waals surface area (Å²) >= 11 is 2.70.